The van der Waals surface area contributed by atoms with Crippen molar-refractivity contribution in [1.29, 1.82) is 0 Å². The fourth-order valence-electron chi connectivity index (χ4n) is 2.96. The number of sulfone groups is 1. The second-order valence-electron chi connectivity index (χ2n) is 7.06. The molecule has 3 atom stereocenters. The van der Waals surface area contributed by atoms with Crippen molar-refractivity contribution >= 4 is 9.84 Å². The molecule has 0 spiro atoms. The summed E-state index contributed by atoms with van der Waals surface area (Å²) in [5.74, 6) is 1.58. The molecule has 19 heavy (non-hydrogen) atoms. The zero-order valence-corrected chi connectivity index (χ0v) is 14.0. The van der Waals surface area contributed by atoms with E-state index in [0.29, 0.717) is 17.7 Å². The molecule has 0 aliphatic heterocycles. The molecule has 0 radical (unpaired) electrons. The van der Waals surface area contributed by atoms with E-state index in [4.69, 9.17) is 0 Å². The van der Waals surface area contributed by atoms with Gasteiger partial charge in [-0.15, -0.1) is 0 Å². The minimum Gasteiger partial charge on any atom is -0.314 e. The van der Waals surface area contributed by atoms with Crippen LogP contribution in [0.3, 0.4) is 0 Å². The van der Waals surface area contributed by atoms with Crippen LogP contribution in [0.25, 0.3) is 0 Å². The zero-order valence-electron chi connectivity index (χ0n) is 13.2. The predicted octanol–water partition coefficient (Wildman–Crippen LogP) is 3.00. The van der Waals surface area contributed by atoms with Crippen molar-refractivity contribution in [3.8, 4) is 0 Å². The zero-order chi connectivity index (χ0) is 14.7. The Balaban J connectivity index is 2.62. The van der Waals surface area contributed by atoms with Gasteiger partial charge in [-0.05, 0) is 64.8 Å². The van der Waals surface area contributed by atoms with Crippen LogP contribution < -0.4 is 5.32 Å². The van der Waals surface area contributed by atoms with Crippen LogP contribution in [0.1, 0.15) is 60.3 Å². The second kappa shape index (κ2) is 6.57. The Labute approximate surface area is 119 Å². The molecule has 0 aromatic rings. The van der Waals surface area contributed by atoms with Crippen LogP contribution in [0.4, 0.5) is 0 Å². The van der Waals surface area contributed by atoms with Gasteiger partial charge in [-0.3, -0.25) is 0 Å². The summed E-state index contributed by atoms with van der Waals surface area (Å²) in [6, 6.07) is 0.511. The summed E-state index contributed by atoms with van der Waals surface area (Å²) in [6.07, 6.45) is 4.42. The summed E-state index contributed by atoms with van der Waals surface area (Å²) in [5.41, 5.74) is 0. The van der Waals surface area contributed by atoms with Gasteiger partial charge in [-0.2, -0.15) is 0 Å². The van der Waals surface area contributed by atoms with Gasteiger partial charge < -0.3 is 5.32 Å². The average Bonchev–Trinajstić information content (AvgIpc) is 2.28. The summed E-state index contributed by atoms with van der Waals surface area (Å²) < 4.78 is 23.8. The summed E-state index contributed by atoms with van der Waals surface area (Å²) >= 11 is 0. The molecule has 0 bridgehead atoms. The first-order chi connectivity index (χ1) is 8.67. The third-order valence-electron chi connectivity index (χ3n) is 4.40. The molecule has 0 heterocycles. The number of rotatable bonds is 5. The van der Waals surface area contributed by atoms with Crippen molar-refractivity contribution in [3.05, 3.63) is 0 Å². The van der Waals surface area contributed by atoms with Crippen LogP contribution in [0, 0.1) is 11.8 Å². The molecule has 1 aliphatic carbocycles. The molecule has 0 amide bonds. The van der Waals surface area contributed by atoms with Crippen LogP contribution in [0.5, 0.6) is 0 Å². The lowest BCUT2D eigenvalue weighted by molar-refractivity contribution is 0.210. The lowest BCUT2D eigenvalue weighted by Gasteiger charge is -2.36. The van der Waals surface area contributed by atoms with Gasteiger partial charge in [0.1, 0.15) is 0 Å². The molecule has 1 fully saturated rings. The molecule has 0 saturated heterocycles. The summed E-state index contributed by atoms with van der Waals surface area (Å²) in [6.45, 7) is 10.8. The maximum absolute atomic E-state index is 12.2. The van der Waals surface area contributed by atoms with Crippen LogP contribution in [-0.2, 0) is 9.84 Å². The van der Waals surface area contributed by atoms with Crippen LogP contribution in [0.2, 0.25) is 0 Å². The highest BCUT2D eigenvalue weighted by Gasteiger charge is 2.33. The third-order valence-corrected chi connectivity index (χ3v) is 7.04. The van der Waals surface area contributed by atoms with E-state index in [0.717, 1.165) is 25.3 Å². The topological polar surface area (TPSA) is 46.2 Å². The largest absolute Gasteiger partial charge is 0.314 e. The molecule has 0 aromatic carbocycles. The lowest BCUT2D eigenvalue weighted by Crippen LogP contribution is -2.41. The van der Waals surface area contributed by atoms with Gasteiger partial charge in [0.15, 0.2) is 9.84 Å². The van der Waals surface area contributed by atoms with Gasteiger partial charge >= 0.3 is 0 Å². The van der Waals surface area contributed by atoms with E-state index in [1.807, 2.05) is 0 Å². The Morgan fingerprint density at radius 1 is 1.21 bits per heavy atom. The molecule has 1 saturated carbocycles. The van der Waals surface area contributed by atoms with Gasteiger partial charge in [0, 0.05) is 6.04 Å². The van der Waals surface area contributed by atoms with Crippen molar-refractivity contribution in [2.45, 2.75) is 71.1 Å². The van der Waals surface area contributed by atoms with Crippen molar-refractivity contribution in [3.63, 3.8) is 0 Å². The Kier molecular flexibility index (Phi) is 5.87. The van der Waals surface area contributed by atoms with Gasteiger partial charge in [-0.1, -0.05) is 13.8 Å². The molecule has 1 N–H and O–H groups in total. The molecular formula is C15H31NO2S. The quantitative estimate of drug-likeness (QED) is 0.846. The van der Waals surface area contributed by atoms with Gasteiger partial charge in [0.25, 0.3) is 0 Å². The van der Waals surface area contributed by atoms with E-state index in [9.17, 15) is 8.42 Å². The maximum Gasteiger partial charge on any atom is 0.155 e. The van der Waals surface area contributed by atoms with E-state index in [1.165, 1.54) is 12.8 Å². The third kappa shape index (κ3) is 4.75. The Hall–Kier alpha value is -0.0900. The average molecular weight is 289 g/mol. The molecular weight excluding hydrogens is 258 g/mol. The lowest BCUT2D eigenvalue weighted by atomic mass is 9.77. The first-order valence-electron chi connectivity index (χ1n) is 7.63. The van der Waals surface area contributed by atoms with E-state index >= 15 is 0 Å². The highest BCUT2D eigenvalue weighted by atomic mass is 32.2. The maximum atomic E-state index is 12.2. The molecule has 3 nitrogen and oxygen atoms in total. The van der Waals surface area contributed by atoms with Gasteiger partial charge in [0.2, 0.25) is 0 Å². The highest BCUT2D eigenvalue weighted by molar-refractivity contribution is 7.92. The van der Waals surface area contributed by atoms with Crippen LogP contribution in [-0.4, -0.2) is 31.5 Å². The molecule has 1 rings (SSSR count). The van der Waals surface area contributed by atoms with Crippen molar-refractivity contribution < 1.29 is 8.42 Å². The standard InChI is InChI=1S/C15H31NO2S/c1-6-16-14-8-7-12(2)11-13(14)9-10-19(17,18)15(3,4)5/h12-14,16H,6-11H2,1-5H3. The first-order valence-corrected chi connectivity index (χ1v) is 9.28. The van der Waals surface area contributed by atoms with Crippen LogP contribution >= 0.6 is 0 Å². The fraction of sp³-hybridized carbons (Fsp3) is 1.00. The normalized spacial score (nSPS) is 29.4. The summed E-state index contributed by atoms with van der Waals surface area (Å²) in [7, 11) is -2.98. The highest BCUT2D eigenvalue weighted by Crippen LogP contribution is 2.32. The fourth-order valence-corrected chi connectivity index (χ4v) is 4.19. The summed E-state index contributed by atoms with van der Waals surface area (Å²) in [4.78, 5) is 0. The van der Waals surface area contributed by atoms with E-state index in [-0.39, 0.29) is 0 Å². The van der Waals surface area contributed by atoms with Crippen molar-refractivity contribution in [2.24, 2.45) is 11.8 Å². The van der Waals surface area contributed by atoms with Crippen LogP contribution in [0.15, 0.2) is 0 Å². The number of nitrogens with one attached hydrogen (secondary N) is 1. The molecule has 114 valence electrons. The van der Waals surface area contributed by atoms with Crippen molar-refractivity contribution in [2.75, 3.05) is 12.3 Å². The second-order valence-corrected chi connectivity index (χ2v) is 9.92. The SMILES string of the molecule is CCNC1CCC(C)CC1CCS(=O)(=O)C(C)(C)C. The van der Waals surface area contributed by atoms with Crippen molar-refractivity contribution in [1.82, 2.24) is 5.32 Å². The summed E-state index contributed by atoms with van der Waals surface area (Å²) in [5, 5.41) is 3.54. The van der Waals surface area contributed by atoms with E-state index in [1.54, 1.807) is 20.8 Å². The molecule has 1 aliphatic rings. The van der Waals surface area contributed by atoms with E-state index < -0.39 is 14.6 Å². The number of hydrogen-bond acceptors (Lipinski definition) is 3. The smallest absolute Gasteiger partial charge is 0.155 e. The molecule has 4 heteroatoms. The Morgan fingerprint density at radius 2 is 1.84 bits per heavy atom. The minimum atomic E-state index is -2.98. The number of hydrogen-bond donors (Lipinski definition) is 1. The van der Waals surface area contributed by atoms with E-state index in [2.05, 4.69) is 19.2 Å². The predicted molar refractivity (Wildman–Crippen MR) is 82.1 cm³/mol. The Morgan fingerprint density at radius 3 is 2.37 bits per heavy atom. The molecule has 3 unspecified atom stereocenters. The first kappa shape index (κ1) is 17.0. The Bertz CT molecular complexity index is 370. The van der Waals surface area contributed by atoms with Gasteiger partial charge in [0.05, 0.1) is 10.5 Å². The van der Waals surface area contributed by atoms with Gasteiger partial charge in [-0.25, -0.2) is 8.42 Å². The monoisotopic (exact) mass is 289 g/mol. The minimum absolute atomic E-state index is 0.329. The molecule has 0 aromatic heterocycles.